The number of carboxylic acids is 1. The molecule has 0 spiro atoms. The Labute approximate surface area is 99.8 Å². The van der Waals surface area contributed by atoms with Crippen LogP contribution in [0.1, 0.15) is 17.3 Å². The Morgan fingerprint density at radius 1 is 1.29 bits per heavy atom. The largest absolute Gasteiger partial charge is 0.480 e. The second-order valence-corrected chi connectivity index (χ2v) is 3.71. The number of benzene rings is 1. The van der Waals surface area contributed by atoms with Crippen molar-refractivity contribution in [1.82, 2.24) is 0 Å². The monoisotopic (exact) mass is 236 g/mol. The molecule has 0 amide bonds. The zero-order valence-electron chi connectivity index (χ0n) is 9.72. The van der Waals surface area contributed by atoms with Crippen LogP contribution in [-0.4, -0.2) is 36.5 Å². The number of carbonyl (C=O) groups excluding carboxylic acids is 1. The maximum absolute atomic E-state index is 11.1. The number of aliphatic carboxylic acids is 1. The highest BCUT2D eigenvalue weighted by Gasteiger charge is 2.10. The van der Waals surface area contributed by atoms with Crippen LogP contribution in [0.3, 0.4) is 0 Å². The van der Waals surface area contributed by atoms with Crippen LogP contribution in [0.15, 0.2) is 24.3 Å². The molecule has 0 heterocycles. The predicted octanol–water partition coefficient (Wildman–Crippen LogP) is 0.739. The number of carbonyl (C=O) groups is 2. The molecule has 0 atom stereocenters. The second kappa shape index (κ2) is 6.00. The lowest BCUT2D eigenvalue weighted by Gasteiger charge is -2.22. The molecule has 1 aromatic rings. The highest BCUT2D eigenvalue weighted by molar-refractivity contribution is 5.94. The SMILES string of the molecule is CC(=O)c1ccc(N(CCN)CC(=O)O)cc1. The highest BCUT2D eigenvalue weighted by Crippen LogP contribution is 2.15. The number of hydrogen-bond acceptors (Lipinski definition) is 4. The van der Waals surface area contributed by atoms with Crippen molar-refractivity contribution in [3.05, 3.63) is 29.8 Å². The van der Waals surface area contributed by atoms with Gasteiger partial charge in [0.05, 0.1) is 0 Å². The first-order chi connectivity index (χ1) is 8.04. The molecule has 5 heteroatoms. The van der Waals surface area contributed by atoms with Crippen molar-refractivity contribution in [2.75, 3.05) is 24.5 Å². The number of Topliss-reactive ketones (excluding diaryl/α,β-unsaturated/α-hetero) is 1. The first-order valence-corrected chi connectivity index (χ1v) is 5.32. The van der Waals surface area contributed by atoms with Gasteiger partial charge >= 0.3 is 5.97 Å². The first-order valence-electron chi connectivity index (χ1n) is 5.32. The zero-order chi connectivity index (χ0) is 12.8. The van der Waals surface area contributed by atoms with Crippen LogP contribution >= 0.6 is 0 Å². The van der Waals surface area contributed by atoms with Crippen molar-refractivity contribution in [2.24, 2.45) is 5.73 Å². The van der Waals surface area contributed by atoms with Crippen molar-refractivity contribution in [3.63, 3.8) is 0 Å². The normalized spacial score (nSPS) is 10.0. The summed E-state index contributed by atoms with van der Waals surface area (Å²) in [4.78, 5) is 23.5. The van der Waals surface area contributed by atoms with Gasteiger partial charge in [0.15, 0.2) is 5.78 Å². The minimum atomic E-state index is -0.908. The Bertz CT molecular complexity index is 401. The molecule has 0 aliphatic rings. The fourth-order valence-electron chi connectivity index (χ4n) is 1.53. The Balaban J connectivity index is 2.86. The summed E-state index contributed by atoms with van der Waals surface area (Å²) in [7, 11) is 0. The maximum atomic E-state index is 11.1. The van der Waals surface area contributed by atoms with Crippen LogP contribution in [0.4, 0.5) is 5.69 Å². The van der Waals surface area contributed by atoms with Crippen LogP contribution < -0.4 is 10.6 Å². The number of hydrogen-bond donors (Lipinski definition) is 2. The van der Waals surface area contributed by atoms with Crippen molar-refractivity contribution in [3.8, 4) is 0 Å². The molecule has 1 rings (SSSR count). The fourth-order valence-corrected chi connectivity index (χ4v) is 1.53. The van der Waals surface area contributed by atoms with Gasteiger partial charge in [-0.05, 0) is 31.2 Å². The lowest BCUT2D eigenvalue weighted by Crippen LogP contribution is -2.34. The van der Waals surface area contributed by atoms with Crippen LogP contribution in [0, 0.1) is 0 Å². The van der Waals surface area contributed by atoms with E-state index in [2.05, 4.69) is 0 Å². The van der Waals surface area contributed by atoms with Gasteiger partial charge in [0.1, 0.15) is 6.54 Å². The van der Waals surface area contributed by atoms with Gasteiger partial charge in [0.25, 0.3) is 0 Å². The third-order valence-electron chi connectivity index (χ3n) is 2.36. The summed E-state index contributed by atoms with van der Waals surface area (Å²) in [6.07, 6.45) is 0. The molecule has 1 aromatic carbocycles. The van der Waals surface area contributed by atoms with E-state index in [4.69, 9.17) is 10.8 Å². The smallest absolute Gasteiger partial charge is 0.323 e. The van der Waals surface area contributed by atoms with Gasteiger partial charge in [-0.2, -0.15) is 0 Å². The van der Waals surface area contributed by atoms with E-state index in [-0.39, 0.29) is 12.3 Å². The topological polar surface area (TPSA) is 83.6 Å². The second-order valence-electron chi connectivity index (χ2n) is 3.71. The Morgan fingerprint density at radius 3 is 2.29 bits per heavy atom. The number of carboxylic acid groups (broad SMARTS) is 1. The highest BCUT2D eigenvalue weighted by atomic mass is 16.4. The van der Waals surface area contributed by atoms with Gasteiger partial charge in [0.2, 0.25) is 0 Å². The molecule has 0 bridgehead atoms. The van der Waals surface area contributed by atoms with Crippen molar-refractivity contribution in [2.45, 2.75) is 6.92 Å². The Kier molecular flexibility index (Phi) is 4.66. The number of nitrogens with two attached hydrogens (primary N) is 1. The molecule has 0 aliphatic heterocycles. The molecule has 0 aliphatic carbocycles. The molecular formula is C12H16N2O3. The molecule has 0 saturated heterocycles. The van der Waals surface area contributed by atoms with Gasteiger partial charge in [-0.25, -0.2) is 0 Å². The summed E-state index contributed by atoms with van der Waals surface area (Å²) in [5.41, 5.74) is 6.79. The van der Waals surface area contributed by atoms with E-state index in [1.54, 1.807) is 29.2 Å². The summed E-state index contributed by atoms with van der Waals surface area (Å²) in [6, 6.07) is 6.83. The molecule has 92 valence electrons. The molecule has 0 radical (unpaired) electrons. The summed E-state index contributed by atoms with van der Waals surface area (Å²) in [6.45, 7) is 2.23. The Morgan fingerprint density at radius 2 is 1.88 bits per heavy atom. The van der Waals surface area contributed by atoms with Crippen molar-refractivity contribution < 1.29 is 14.7 Å². The minimum absolute atomic E-state index is 0.0137. The molecule has 3 N–H and O–H groups in total. The number of anilines is 1. The predicted molar refractivity (Wildman–Crippen MR) is 65.3 cm³/mol. The molecule has 0 fully saturated rings. The van der Waals surface area contributed by atoms with Crippen LogP contribution in [-0.2, 0) is 4.79 Å². The summed E-state index contributed by atoms with van der Waals surface area (Å²) >= 11 is 0. The quantitative estimate of drug-likeness (QED) is 0.712. The standard InChI is InChI=1S/C12H16N2O3/c1-9(15)10-2-4-11(5-3-10)14(7-6-13)8-12(16)17/h2-5H,6-8,13H2,1H3,(H,16,17). The Hall–Kier alpha value is -1.88. The average molecular weight is 236 g/mol. The molecule has 17 heavy (non-hydrogen) atoms. The third kappa shape index (κ3) is 3.88. The van der Waals surface area contributed by atoms with Gasteiger partial charge in [0, 0.05) is 24.3 Å². The minimum Gasteiger partial charge on any atom is -0.480 e. The average Bonchev–Trinajstić information content (AvgIpc) is 2.28. The van der Waals surface area contributed by atoms with E-state index in [1.807, 2.05) is 0 Å². The van der Waals surface area contributed by atoms with Crippen LogP contribution in [0.5, 0.6) is 0 Å². The summed E-state index contributed by atoms with van der Waals surface area (Å²) in [5.74, 6) is -0.922. The van der Waals surface area contributed by atoms with E-state index in [0.29, 0.717) is 18.7 Å². The summed E-state index contributed by atoms with van der Waals surface area (Å²) in [5, 5.41) is 8.78. The maximum Gasteiger partial charge on any atom is 0.323 e. The molecular weight excluding hydrogens is 220 g/mol. The first kappa shape index (κ1) is 13.2. The lowest BCUT2D eigenvalue weighted by atomic mass is 10.1. The lowest BCUT2D eigenvalue weighted by molar-refractivity contribution is -0.135. The molecule has 0 aromatic heterocycles. The van der Waals surface area contributed by atoms with E-state index in [9.17, 15) is 9.59 Å². The fraction of sp³-hybridized carbons (Fsp3) is 0.333. The molecule has 5 nitrogen and oxygen atoms in total. The zero-order valence-corrected chi connectivity index (χ0v) is 9.72. The molecule has 0 unspecified atom stereocenters. The number of ketones is 1. The van der Waals surface area contributed by atoms with Crippen LogP contribution in [0.25, 0.3) is 0 Å². The third-order valence-corrected chi connectivity index (χ3v) is 2.36. The van der Waals surface area contributed by atoms with E-state index < -0.39 is 5.97 Å². The van der Waals surface area contributed by atoms with E-state index in [0.717, 1.165) is 5.69 Å². The number of nitrogens with zero attached hydrogens (tertiary/aromatic N) is 1. The number of rotatable bonds is 6. The molecule has 0 saturated carbocycles. The van der Waals surface area contributed by atoms with Gasteiger partial charge < -0.3 is 15.7 Å². The van der Waals surface area contributed by atoms with Gasteiger partial charge in [-0.3, -0.25) is 9.59 Å². The van der Waals surface area contributed by atoms with Crippen molar-refractivity contribution >= 4 is 17.4 Å². The van der Waals surface area contributed by atoms with Crippen molar-refractivity contribution in [1.29, 1.82) is 0 Å². The van der Waals surface area contributed by atoms with E-state index >= 15 is 0 Å². The van der Waals surface area contributed by atoms with Gasteiger partial charge in [-0.15, -0.1) is 0 Å². The van der Waals surface area contributed by atoms with E-state index in [1.165, 1.54) is 6.92 Å². The van der Waals surface area contributed by atoms with Crippen LogP contribution in [0.2, 0.25) is 0 Å². The summed E-state index contributed by atoms with van der Waals surface area (Å²) < 4.78 is 0. The van der Waals surface area contributed by atoms with Gasteiger partial charge in [-0.1, -0.05) is 0 Å².